The lowest BCUT2D eigenvalue weighted by Gasteiger charge is -2.36. The van der Waals surface area contributed by atoms with Gasteiger partial charge in [0.25, 0.3) is 0 Å². The molecule has 0 radical (unpaired) electrons. The molecule has 2 aromatic carbocycles. The number of benzene rings is 2. The van der Waals surface area contributed by atoms with Crippen molar-refractivity contribution in [1.29, 1.82) is 0 Å². The Morgan fingerprint density at radius 2 is 1.88 bits per heavy atom. The summed E-state index contributed by atoms with van der Waals surface area (Å²) in [4.78, 5) is 15.7. The van der Waals surface area contributed by atoms with Crippen molar-refractivity contribution in [2.75, 3.05) is 25.6 Å². The molecule has 174 valence electrons. The molecule has 33 heavy (non-hydrogen) atoms. The molecule has 0 fully saturated rings. The van der Waals surface area contributed by atoms with Crippen molar-refractivity contribution >= 4 is 29.3 Å². The summed E-state index contributed by atoms with van der Waals surface area (Å²) in [6.07, 6.45) is 1.81. The number of fused-ring (bicyclic) bond motifs is 1. The third-order valence-corrected chi connectivity index (χ3v) is 7.04. The van der Waals surface area contributed by atoms with Crippen LogP contribution in [0.2, 0.25) is 5.02 Å². The van der Waals surface area contributed by atoms with Crippen LogP contribution in [0.5, 0.6) is 5.75 Å². The number of rotatable bonds is 8. The maximum Gasteiger partial charge on any atom is 0.238 e. The Bertz CT molecular complexity index is 1100. The standard InChI is InChI=1S/C24H28ClN5O2S/c1-4-13-29(14-5-2)23(31)21-20(17-11-12-19(32-3)18(25)15-17)28-30-22(26-27-24(30)33-21)16-9-7-6-8-10-16/h6-12,15,20-21,28H,4-5,13-14H2,1-3H3/t20-,21+/m1/s1. The minimum absolute atomic E-state index is 0.0867. The summed E-state index contributed by atoms with van der Waals surface area (Å²) < 4.78 is 7.20. The van der Waals surface area contributed by atoms with Gasteiger partial charge in [-0.05, 0) is 30.5 Å². The number of aromatic nitrogens is 3. The van der Waals surface area contributed by atoms with E-state index in [-0.39, 0.29) is 11.9 Å². The normalized spacial score (nSPS) is 17.2. The Morgan fingerprint density at radius 3 is 2.52 bits per heavy atom. The molecule has 7 nitrogen and oxygen atoms in total. The lowest BCUT2D eigenvalue weighted by atomic mass is 10.0. The van der Waals surface area contributed by atoms with Crippen LogP contribution < -0.4 is 10.2 Å². The number of amides is 1. The molecule has 1 aromatic heterocycles. The molecule has 9 heteroatoms. The zero-order valence-corrected chi connectivity index (χ0v) is 20.6. The highest BCUT2D eigenvalue weighted by atomic mass is 35.5. The van der Waals surface area contributed by atoms with Crippen molar-refractivity contribution in [2.24, 2.45) is 0 Å². The summed E-state index contributed by atoms with van der Waals surface area (Å²) in [5.41, 5.74) is 5.36. The van der Waals surface area contributed by atoms with Gasteiger partial charge < -0.3 is 15.1 Å². The molecule has 1 amide bonds. The molecule has 1 aliphatic rings. The van der Waals surface area contributed by atoms with Gasteiger partial charge >= 0.3 is 0 Å². The van der Waals surface area contributed by atoms with Crippen LogP contribution in [0.3, 0.4) is 0 Å². The number of hydrogen-bond donors (Lipinski definition) is 1. The first-order chi connectivity index (χ1) is 16.1. The SMILES string of the molecule is CCCN(CCC)C(=O)[C@H]1Sc2nnc(-c3ccccc3)n2N[C@@H]1c1ccc(OC)c(Cl)c1. The molecule has 0 aliphatic carbocycles. The second-order valence-corrected chi connectivity index (χ2v) is 9.39. The highest BCUT2D eigenvalue weighted by molar-refractivity contribution is 8.00. The molecule has 0 unspecified atom stereocenters. The summed E-state index contributed by atoms with van der Waals surface area (Å²) in [6.45, 7) is 5.63. The maximum atomic E-state index is 13.7. The second-order valence-electron chi connectivity index (χ2n) is 7.87. The second kappa shape index (κ2) is 10.5. The summed E-state index contributed by atoms with van der Waals surface area (Å²) in [5.74, 6) is 1.39. The Hall–Kier alpha value is -2.71. The Labute approximate surface area is 203 Å². The molecule has 0 saturated carbocycles. The number of halogens is 1. The first-order valence-electron chi connectivity index (χ1n) is 11.1. The van der Waals surface area contributed by atoms with Crippen molar-refractivity contribution in [1.82, 2.24) is 19.8 Å². The van der Waals surface area contributed by atoms with E-state index in [1.54, 1.807) is 7.11 Å². The van der Waals surface area contributed by atoms with Crippen LogP contribution in [0.25, 0.3) is 11.4 Å². The number of methoxy groups -OCH3 is 1. The fraction of sp³-hybridized carbons (Fsp3) is 0.375. The maximum absolute atomic E-state index is 13.7. The molecule has 3 aromatic rings. The van der Waals surface area contributed by atoms with Gasteiger partial charge in [0, 0.05) is 18.7 Å². The smallest absolute Gasteiger partial charge is 0.238 e. The monoisotopic (exact) mass is 485 g/mol. The Balaban J connectivity index is 1.76. The van der Waals surface area contributed by atoms with Gasteiger partial charge in [-0.15, -0.1) is 10.2 Å². The first-order valence-corrected chi connectivity index (χ1v) is 12.4. The largest absolute Gasteiger partial charge is 0.495 e. The quantitative estimate of drug-likeness (QED) is 0.483. The number of ether oxygens (including phenoxy) is 1. The molecule has 2 heterocycles. The number of nitrogens with zero attached hydrogens (tertiary/aromatic N) is 4. The van der Waals surface area contributed by atoms with Gasteiger partial charge in [-0.2, -0.15) is 0 Å². The van der Waals surface area contributed by atoms with Crippen molar-refractivity contribution in [2.45, 2.75) is 43.1 Å². The van der Waals surface area contributed by atoms with E-state index in [4.69, 9.17) is 16.3 Å². The number of carbonyl (C=O) groups excluding carboxylic acids is 1. The van der Waals surface area contributed by atoms with Gasteiger partial charge in [0.1, 0.15) is 11.0 Å². The molecule has 2 atom stereocenters. The minimum atomic E-state index is -0.409. The third kappa shape index (κ3) is 4.82. The Kier molecular flexibility index (Phi) is 7.45. The zero-order valence-electron chi connectivity index (χ0n) is 19.0. The summed E-state index contributed by atoms with van der Waals surface area (Å²) in [5, 5.41) is 9.56. The van der Waals surface area contributed by atoms with Crippen LogP contribution in [0.15, 0.2) is 53.7 Å². The van der Waals surface area contributed by atoms with Crippen LogP contribution >= 0.6 is 23.4 Å². The first kappa shape index (κ1) is 23.4. The molecular weight excluding hydrogens is 458 g/mol. The van der Waals surface area contributed by atoms with E-state index in [1.165, 1.54) is 11.8 Å². The fourth-order valence-corrected chi connectivity index (χ4v) is 5.43. The molecule has 0 spiro atoms. The van der Waals surface area contributed by atoms with Crippen molar-refractivity contribution in [3.63, 3.8) is 0 Å². The summed E-state index contributed by atoms with van der Waals surface area (Å²) in [7, 11) is 1.59. The molecule has 1 N–H and O–H groups in total. The van der Waals surface area contributed by atoms with E-state index in [0.29, 0.717) is 21.8 Å². The van der Waals surface area contributed by atoms with Crippen LogP contribution in [0.4, 0.5) is 0 Å². The highest BCUT2D eigenvalue weighted by Gasteiger charge is 2.40. The number of hydrogen-bond acceptors (Lipinski definition) is 6. The predicted molar refractivity (Wildman–Crippen MR) is 132 cm³/mol. The molecular formula is C24H28ClN5O2S. The van der Waals surface area contributed by atoms with E-state index in [0.717, 1.165) is 37.1 Å². The molecule has 0 bridgehead atoms. The topological polar surface area (TPSA) is 72.3 Å². The van der Waals surface area contributed by atoms with Gasteiger partial charge in [-0.1, -0.05) is 73.6 Å². The third-order valence-electron chi connectivity index (χ3n) is 5.55. The van der Waals surface area contributed by atoms with Crippen molar-refractivity contribution < 1.29 is 9.53 Å². The fourth-order valence-electron chi connectivity index (χ4n) is 4.00. The average Bonchev–Trinajstić information content (AvgIpc) is 3.26. The van der Waals surface area contributed by atoms with Crippen molar-refractivity contribution in [3.8, 4) is 17.1 Å². The van der Waals surface area contributed by atoms with Gasteiger partial charge in [0.05, 0.1) is 18.2 Å². The average molecular weight is 486 g/mol. The van der Waals surface area contributed by atoms with Gasteiger partial charge in [-0.25, -0.2) is 4.68 Å². The lowest BCUT2D eigenvalue weighted by Crippen LogP contribution is -2.46. The molecule has 4 rings (SSSR count). The van der Waals surface area contributed by atoms with E-state index >= 15 is 0 Å². The summed E-state index contributed by atoms with van der Waals surface area (Å²) >= 11 is 7.90. The van der Waals surface area contributed by atoms with E-state index in [9.17, 15) is 4.79 Å². The summed E-state index contributed by atoms with van der Waals surface area (Å²) in [6, 6.07) is 15.2. The molecule has 1 aliphatic heterocycles. The minimum Gasteiger partial charge on any atom is -0.495 e. The Morgan fingerprint density at radius 1 is 1.15 bits per heavy atom. The number of carbonyl (C=O) groups is 1. The number of nitrogens with one attached hydrogen (secondary N) is 1. The van der Waals surface area contributed by atoms with Crippen LogP contribution in [0, 0.1) is 0 Å². The van der Waals surface area contributed by atoms with E-state index in [2.05, 4.69) is 29.5 Å². The van der Waals surface area contributed by atoms with E-state index in [1.807, 2.05) is 58.1 Å². The van der Waals surface area contributed by atoms with E-state index < -0.39 is 5.25 Å². The number of thioether (sulfide) groups is 1. The highest BCUT2D eigenvalue weighted by Crippen LogP contribution is 2.40. The zero-order chi connectivity index (χ0) is 23.4. The lowest BCUT2D eigenvalue weighted by molar-refractivity contribution is -0.131. The van der Waals surface area contributed by atoms with Gasteiger partial charge in [0.2, 0.25) is 11.1 Å². The van der Waals surface area contributed by atoms with Crippen LogP contribution in [-0.2, 0) is 4.79 Å². The van der Waals surface area contributed by atoms with Crippen molar-refractivity contribution in [3.05, 3.63) is 59.1 Å². The van der Waals surface area contributed by atoms with Gasteiger partial charge in [0.15, 0.2) is 5.82 Å². The van der Waals surface area contributed by atoms with Crippen LogP contribution in [-0.4, -0.2) is 51.1 Å². The van der Waals surface area contributed by atoms with Crippen LogP contribution in [0.1, 0.15) is 38.3 Å². The molecule has 0 saturated heterocycles. The predicted octanol–water partition coefficient (Wildman–Crippen LogP) is 5.01. The van der Waals surface area contributed by atoms with Gasteiger partial charge in [-0.3, -0.25) is 4.79 Å².